The first-order valence-corrected chi connectivity index (χ1v) is 8.75. The molecule has 0 aromatic rings. The number of aliphatic hydroxyl groups excluding tert-OH is 1. The van der Waals surface area contributed by atoms with Gasteiger partial charge in [-0.25, -0.2) is 0 Å². The number of hydrogen-bond acceptors (Lipinski definition) is 3. The third-order valence-corrected chi connectivity index (χ3v) is 6.35. The summed E-state index contributed by atoms with van der Waals surface area (Å²) in [6.45, 7) is 7.03. The topological polar surface area (TPSA) is 47.3 Å². The molecule has 0 amide bonds. The maximum absolute atomic E-state index is 10.0. The second kappa shape index (κ2) is 5.56. The van der Waals surface area contributed by atoms with E-state index in [1.165, 1.54) is 25.7 Å². The van der Waals surface area contributed by atoms with Crippen molar-refractivity contribution in [2.45, 2.75) is 89.9 Å². The molecule has 1 aliphatic carbocycles. The van der Waals surface area contributed by atoms with E-state index in [0.717, 1.165) is 25.2 Å². The van der Waals surface area contributed by atoms with Gasteiger partial charge in [0.2, 0.25) is 0 Å². The fourth-order valence-corrected chi connectivity index (χ4v) is 5.14. The van der Waals surface area contributed by atoms with E-state index in [0.29, 0.717) is 23.5 Å². The lowest BCUT2D eigenvalue weighted by molar-refractivity contribution is -0.0266. The van der Waals surface area contributed by atoms with E-state index in [4.69, 9.17) is 0 Å². The highest BCUT2D eigenvalue weighted by Crippen LogP contribution is 2.46. The predicted octanol–water partition coefficient (Wildman–Crippen LogP) is 3.33. The van der Waals surface area contributed by atoms with E-state index >= 15 is 0 Å². The quantitative estimate of drug-likeness (QED) is 0.806. The van der Waals surface area contributed by atoms with Crippen molar-refractivity contribution >= 4 is 0 Å². The van der Waals surface area contributed by atoms with Gasteiger partial charge >= 0.3 is 0 Å². The summed E-state index contributed by atoms with van der Waals surface area (Å²) in [6, 6.07) is 4.08. The zero-order valence-corrected chi connectivity index (χ0v) is 13.8. The molecule has 2 bridgehead atoms. The zero-order valence-electron chi connectivity index (χ0n) is 13.8. The minimum absolute atomic E-state index is 0.110. The van der Waals surface area contributed by atoms with Gasteiger partial charge in [-0.1, -0.05) is 20.8 Å². The molecule has 1 N–H and O–H groups in total. The lowest BCUT2D eigenvalue weighted by Crippen LogP contribution is -2.54. The molecule has 3 heteroatoms. The highest BCUT2D eigenvalue weighted by molar-refractivity contribution is 5.06. The fourth-order valence-electron chi connectivity index (χ4n) is 5.14. The molecule has 3 nitrogen and oxygen atoms in total. The summed E-state index contributed by atoms with van der Waals surface area (Å²) in [5.74, 6) is 0.917. The second-order valence-electron chi connectivity index (χ2n) is 8.64. The van der Waals surface area contributed by atoms with E-state index in [1.807, 2.05) is 0 Å². The lowest BCUT2D eigenvalue weighted by atomic mass is 9.67. The van der Waals surface area contributed by atoms with Crippen LogP contribution in [0, 0.1) is 28.6 Å². The molecule has 118 valence electrons. The number of aliphatic hydroxyl groups is 1. The second-order valence-corrected chi connectivity index (χ2v) is 8.64. The number of nitrogens with zero attached hydrogens (tertiary/aromatic N) is 2. The van der Waals surface area contributed by atoms with Crippen molar-refractivity contribution in [3.63, 3.8) is 0 Å². The SMILES string of the molecule is CC(C)(C)C1CCC(C#N)C(N2C3CCC2CC(O)C3)C1. The summed E-state index contributed by atoms with van der Waals surface area (Å²) in [4.78, 5) is 2.67. The van der Waals surface area contributed by atoms with Crippen molar-refractivity contribution in [3.8, 4) is 6.07 Å². The number of piperidine rings is 1. The van der Waals surface area contributed by atoms with Crippen LogP contribution < -0.4 is 0 Å². The van der Waals surface area contributed by atoms with Crippen LogP contribution in [-0.2, 0) is 0 Å². The van der Waals surface area contributed by atoms with Crippen molar-refractivity contribution in [2.24, 2.45) is 17.3 Å². The van der Waals surface area contributed by atoms with Crippen molar-refractivity contribution in [1.29, 1.82) is 5.26 Å². The van der Waals surface area contributed by atoms with Crippen molar-refractivity contribution in [2.75, 3.05) is 0 Å². The third-order valence-electron chi connectivity index (χ3n) is 6.35. The number of fused-ring (bicyclic) bond motifs is 2. The molecule has 0 aromatic carbocycles. The summed E-state index contributed by atoms with van der Waals surface area (Å²) in [7, 11) is 0. The molecular formula is C18H30N2O. The smallest absolute Gasteiger partial charge is 0.0672 e. The molecular weight excluding hydrogens is 260 g/mol. The molecule has 5 atom stereocenters. The van der Waals surface area contributed by atoms with Crippen LogP contribution in [-0.4, -0.2) is 34.2 Å². The average molecular weight is 290 g/mol. The molecule has 0 spiro atoms. The number of nitriles is 1. The number of rotatable bonds is 1. The Hall–Kier alpha value is -0.590. The Morgan fingerprint density at radius 2 is 1.62 bits per heavy atom. The summed E-state index contributed by atoms with van der Waals surface area (Å²) in [5, 5.41) is 19.6. The minimum Gasteiger partial charge on any atom is -0.393 e. The molecule has 2 heterocycles. The van der Waals surface area contributed by atoms with Gasteiger partial charge in [0.25, 0.3) is 0 Å². The first-order valence-electron chi connectivity index (χ1n) is 8.75. The molecule has 2 saturated heterocycles. The van der Waals surface area contributed by atoms with Crippen LogP contribution in [0.2, 0.25) is 0 Å². The monoisotopic (exact) mass is 290 g/mol. The van der Waals surface area contributed by atoms with Crippen molar-refractivity contribution < 1.29 is 5.11 Å². The Labute approximate surface area is 129 Å². The molecule has 2 aliphatic heterocycles. The van der Waals surface area contributed by atoms with Crippen molar-refractivity contribution in [3.05, 3.63) is 0 Å². The van der Waals surface area contributed by atoms with Gasteiger partial charge in [0.15, 0.2) is 0 Å². The predicted molar refractivity (Wildman–Crippen MR) is 83.6 cm³/mol. The van der Waals surface area contributed by atoms with E-state index < -0.39 is 0 Å². The molecule has 3 fully saturated rings. The zero-order chi connectivity index (χ0) is 15.2. The van der Waals surface area contributed by atoms with Gasteiger partial charge in [-0.2, -0.15) is 5.26 Å². The van der Waals surface area contributed by atoms with Crippen LogP contribution in [0.5, 0.6) is 0 Å². The van der Waals surface area contributed by atoms with Gasteiger partial charge in [-0.3, -0.25) is 4.90 Å². The molecule has 5 unspecified atom stereocenters. The minimum atomic E-state index is -0.110. The van der Waals surface area contributed by atoms with Gasteiger partial charge in [0, 0.05) is 18.1 Å². The molecule has 0 aromatic heterocycles. The van der Waals surface area contributed by atoms with Crippen LogP contribution in [0.1, 0.15) is 65.7 Å². The summed E-state index contributed by atoms with van der Waals surface area (Å²) in [5.41, 5.74) is 0.340. The maximum atomic E-state index is 10.0. The van der Waals surface area contributed by atoms with Crippen LogP contribution in [0.25, 0.3) is 0 Å². The standard InChI is InChI=1S/C18H30N2O/c1-18(2,3)13-5-4-12(11-19)17(8-13)20-14-6-7-15(20)10-16(21)9-14/h12-17,21H,4-10H2,1-3H3. The van der Waals surface area contributed by atoms with E-state index in [9.17, 15) is 10.4 Å². The van der Waals surface area contributed by atoms with Gasteiger partial charge in [-0.05, 0) is 56.3 Å². The third kappa shape index (κ3) is 2.85. The highest BCUT2D eigenvalue weighted by atomic mass is 16.3. The molecule has 1 saturated carbocycles. The van der Waals surface area contributed by atoms with E-state index in [1.54, 1.807) is 0 Å². The van der Waals surface area contributed by atoms with Crippen LogP contribution in [0.4, 0.5) is 0 Å². The summed E-state index contributed by atoms with van der Waals surface area (Å²) >= 11 is 0. The summed E-state index contributed by atoms with van der Waals surface area (Å²) < 4.78 is 0. The molecule has 0 radical (unpaired) electrons. The van der Waals surface area contributed by atoms with Crippen LogP contribution in [0.3, 0.4) is 0 Å². The highest BCUT2D eigenvalue weighted by Gasteiger charge is 2.48. The van der Waals surface area contributed by atoms with E-state index in [2.05, 4.69) is 31.7 Å². The Morgan fingerprint density at radius 3 is 2.14 bits per heavy atom. The van der Waals surface area contributed by atoms with E-state index in [-0.39, 0.29) is 12.0 Å². The summed E-state index contributed by atoms with van der Waals surface area (Å²) in [6.07, 6.45) is 7.60. The maximum Gasteiger partial charge on any atom is 0.0672 e. The fraction of sp³-hybridized carbons (Fsp3) is 0.944. The molecule has 3 rings (SSSR count). The Balaban J connectivity index is 1.80. The van der Waals surface area contributed by atoms with Gasteiger partial charge in [-0.15, -0.1) is 0 Å². The molecule has 3 aliphatic rings. The largest absolute Gasteiger partial charge is 0.393 e. The first-order chi connectivity index (χ1) is 9.90. The van der Waals surface area contributed by atoms with Crippen LogP contribution >= 0.6 is 0 Å². The van der Waals surface area contributed by atoms with Gasteiger partial charge < -0.3 is 5.11 Å². The Kier molecular flexibility index (Phi) is 4.05. The Morgan fingerprint density at radius 1 is 1.00 bits per heavy atom. The van der Waals surface area contributed by atoms with Gasteiger partial charge in [0.05, 0.1) is 18.1 Å². The lowest BCUT2D eigenvalue weighted by Gasteiger charge is -2.49. The normalized spacial score (nSPS) is 44.5. The first kappa shape index (κ1) is 15.3. The average Bonchev–Trinajstić information content (AvgIpc) is 2.69. The Bertz CT molecular complexity index is 408. The van der Waals surface area contributed by atoms with Crippen molar-refractivity contribution in [1.82, 2.24) is 4.90 Å². The number of hydrogen-bond donors (Lipinski definition) is 1. The van der Waals surface area contributed by atoms with Crippen LogP contribution in [0.15, 0.2) is 0 Å². The molecule has 21 heavy (non-hydrogen) atoms. The van der Waals surface area contributed by atoms with Gasteiger partial charge in [0.1, 0.15) is 0 Å².